The van der Waals surface area contributed by atoms with E-state index in [1.54, 1.807) is 0 Å². The molecule has 1 aliphatic rings. The Balaban J connectivity index is 1.60. The third-order valence-corrected chi connectivity index (χ3v) is 4.18. The van der Waals surface area contributed by atoms with Crippen LogP contribution in [-0.2, 0) is 21.6 Å². The van der Waals surface area contributed by atoms with Crippen molar-refractivity contribution < 1.29 is 9.53 Å². The molecular weight excluding hydrogens is 248 g/mol. The van der Waals surface area contributed by atoms with E-state index in [9.17, 15) is 4.79 Å². The van der Waals surface area contributed by atoms with Gasteiger partial charge in [0.2, 0.25) is 0 Å². The van der Waals surface area contributed by atoms with E-state index in [1.807, 2.05) is 48.5 Å². The van der Waals surface area contributed by atoms with Crippen molar-refractivity contribution in [2.24, 2.45) is 5.92 Å². The van der Waals surface area contributed by atoms with Gasteiger partial charge in [0.25, 0.3) is 0 Å². The molecule has 2 heteroatoms. The third-order valence-electron chi connectivity index (χ3n) is 4.18. The molecule has 2 atom stereocenters. The van der Waals surface area contributed by atoms with Crippen LogP contribution >= 0.6 is 0 Å². The van der Waals surface area contributed by atoms with Crippen LogP contribution in [0.5, 0.6) is 0 Å². The summed E-state index contributed by atoms with van der Waals surface area (Å²) in [4.78, 5) is 12.1. The monoisotopic (exact) mass is 266 g/mol. The summed E-state index contributed by atoms with van der Waals surface area (Å²) < 4.78 is 5.43. The molecule has 0 aromatic heterocycles. The molecule has 2 aromatic rings. The van der Waals surface area contributed by atoms with E-state index in [0.717, 1.165) is 12.0 Å². The fourth-order valence-corrected chi connectivity index (χ4v) is 2.68. The van der Waals surface area contributed by atoms with Crippen molar-refractivity contribution >= 4 is 5.97 Å². The molecule has 0 amide bonds. The van der Waals surface area contributed by atoms with Gasteiger partial charge < -0.3 is 4.74 Å². The summed E-state index contributed by atoms with van der Waals surface area (Å²) in [6.07, 6.45) is 0.880. The second-order valence-electron chi connectivity index (χ2n) is 5.63. The molecule has 1 aliphatic carbocycles. The van der Waals surface area contributed by atoms with Gasteiger partial charge in [0, 0.05) is 5.41 Å². The Morgan fingerprint density at radius 3 is 2.35 bits per heavy atom. The lowest BCUT2D eigenvalue weighted by atomic mass is 9.96. The number of hydrogen-bond acceptors (Lipinski definition) is 2. The van der Waals surface area contributed by atoms with Gasteiger partial charge in [-0.1, -0.05) is 67.6 Å². The van der Waals surface area contributed by atoms with Crippen LogP contribution in [0.25, 0.3) is 0 Å². The maximum atomic E-state index is 12.1. The van der Waals surface area contributed by atoms with Gasteiger partial charge in [0.05, 0.1) is 5.92 Å². The first-order valence-corrected chi connectivity index (χ1v) is 6.96. The highest BCUT2D eigenvalue weighted by Gasteiger charge is 2.56. The Morgan fingerprint density at radius 2 is 1.70 bits per heavy atom. The minimum atomic E-state index is -0.0831. The molecule has 0 bridgehead atoms. The van der Waals surface area contributed by atoms with E-state index in [4.69, 9.17) is 4.74 Å². The van der Waals surface area contributed by atoms with Crippen molar-refractivity contribution in [3.05, 3.63) is 71.8 Å². The maximum absolute atomic E-state index is 12.1. The number of hydrogen-bond donors (Lipinski definition) is 0. The molecule has 1 fully saturated rings. The number of carbonyl (C=O) groups is 1. The zero-order valence-electron chi connectivity index (χ0n) is 11.6. The Labute approximate surface area is 119 Å². The summed E-state index contributed by atoms with van der Waals surface area (Å²) in [6, 6.07) is 20.0. The van der Waals surface area contributed by atoms with Crippen LogP contribution < -0.4 is 0 Å². The molecule has 0 heterocycles. The first kappa shape index (κ1) is 12.9. The number of esters is 1. The highest BCUT2D eigenvalue weighted by atomic mass is 16.5. The van der Waals surface area contributed by atoms with Gasteiger partial charge >= 0.3 is 5.97 Å². The standard InChI is InChI=1S/C18H18O2/c1-18(15-10-6-3-7-11-15)12-16(18)17(19)20-13-14-8-4-2-5-9-14/h2-11,16H,12-13H2,1H3/t16-,18-/m0/s1. The van der Waals surface area contributed by atoms with E-state index in [1.165, 1.54) is 5.56 Å². The highest BCUT2D eigenvalue weighted by molar-refractivity contribution is 5.79. The van der Waals surface area contributed by atoms with Crippen LogP contribution in [-0.4, -0.2) is 5.97 Å². The van der Waals surface area contributed by atoms with Crippen molar-refractivity contribution in [2.75, 3.05) is 0 Å². The maximum Gasteiger partial charge on any atom is 0.310 e. The number of ether oxygens (including phenoxy) is 1. The number of benzene rings is 2. The summed E-state index contributed by atoms with van der Waals surface area (Å²) in [6.45, 7) is 2.50. The zero-order chi connectivity index (χ0) is 14.0. The Morgan fingerprint density at radius 1 is 1.10 bits per heavy atom. The molecule has 2 aromatic carbocycles. The molecule has 0 saturated heterocycles. The Bertz CT molecular complexity index is 591. The predicted molar refractivity (Wildman–Crippen MR) is 78.1 cm³/mol. The lowest BCUT2D eigenvalue weighted by Crippen LogP contribution is -2.14. The molecule has 0 radical (unpaired) electrons. The largest absolute Gasteiger partial charge is 0.461 e. The fraction of sp³-hybridized carbons (Fsp3) is 0.278. The van der Waals surface area contributed by atoms with Gasteiger partial charge in [-0.05, 0) is 17.5 Å². The van der Waals surface area contributed by atoms with Crippen molar-refractivity contribution in [1.82, 2.24) is 0 Å². The molecule has 0 spiro atoms. The second kappa shape index (κ2) is 5.12. The van der Waals surface area contributed by atoms with E-state index >= 15 is 0 Å². The lowest BCUT2D eigenvalue weighted by molar-refractivity contribution is -0.147. The van der Waals surface area contributed by atoms with E-state index in [-0.39, 0.29) is 17.3 Å². The first-order valence-electron chi connectivity index (χ1n) is 6.96. The van der Waals surface area contributed by atoms with Gasteiger partial charge in [0.15, 0.2) is 0 Å². The molecule has 0 unspecified atom stereocenters. The third kappa shape index (κ3) is 2.46. The summed E-state index contributed by atoms with van der Waals surface area (Å²) >= 11 is 0. The van der Waals surface area contributed by atoms with Crippen LogP contribution in [0.3, 0.4) is 0 Å². The molecule has 1 saturated carbocycles. The van der Waals surface area contributed by atoms with Crippen LogP contribution in [0.1, 0.15) is 24.5 Å². The summed E-state index contributed by atoms with van der Waals surface area (Å²) in [7, 11) is 0. The minimum Gasteiger partial charge on any atom is -0.461 e. The Hall–Kier alpha value is -2.09. The fourth-order valence-electron chi connectivity index (χ4n) is 2.68. The molecule has 102 valence electrons. The van der Waals surface area contributed by atoms with Crippen molar-refractivity contribution in [3.8, 4) is 0 Å². The number of carbonyl (C=O) groups excluding carboxylic acids is 1. The van der Waals surface area contributed by atoms with Crippen LogP contribution in [0.15, 0.2) is 60.7 Å². The van der Waals surface area contributed by atoms with E-state index in [2.05, 4.69) is 19.1 Å². The lowest BCUT2D eigenvalue weighted by Gasteiger charge is -2.11. The average Bonchev–Trinajstić information content (AvgIpc) is 3.20. The van der Waals surface area contributed by atoms with E-state index < -0.39 is 0 Å². The van der Waals surface area contributed by atoms with Crippen molar-refractivity contribution in [3.63, 3.8) is 0 Å². The molecule has 3 rings (SSSR count). The topological polar surface area (TPSA) is 26.3 Å². The molecule has 2 nitrogen and oxygen atoms in total. The Kier molecular flexibility index (Phi) is 3.31. The van der Waals surface area contributed by atoms with Crippen LogP contribution in [0.2, 0.25) is 0 Å². The highest BCUT2D eigenvalue weighted by Crippen LogP contribution is 2.54. The average molecular weight is 266 g/mol. The quantitative estimate of drug-likeness (QED) is 0.789. The molecule has 0 aliphatic heterocycles. The van der Waals surface area contributed by atoms with Crippen molar-refractivity contribution in [1.29, 1.82) is 0 Å². The normalized spacial score (nSPS) is 24.1. The molecule has 0 N–H and O–H groups in total. The summed E-state index contributed by atoms with van der Waals surface area (Å²) in [5.74, 6) is -0.0891. The van der Waals surface area contributed by atoms with Gasteiger partial charge in [-0.3, -0.25) is 4.79 Å². The molecule has 20 heavy (non-hydrogen) atoms. The van der Waals surface area contributed by atoms with Gasteiger partial charge in [-0.25, -0.2) is 0 Å². The summed E-state index contributed by atoms with van der Waals surface area (Å²) in [5, 5.41) is 0. The van der Waals surface area contributed by atoms with Gasteiger partial charge in [-0.15, -0.1) is 0 Å². The first-order chi connectivity index (χ1) is 9.70. The van der Waals surface area contributed by atoms with Crippen LogP contribution in [0, 0.1) is 5.92 Å². The van der Waals surface area contributed by atoms with Gasteiger partial charge in [0.1, 0.15) is 6.61 Å². The van der Waals surface area contributed by atoms with Crippen molar-refractivity contribution in [2.45, 2.75) is 25.4 Å². The second-order valence-corrected chi connectivity index (χ2v) is 5.63. The zero-order valence-corrected chi connectivity index (χ0v) is 11.6. The van der Waals surface area contributed by atoms with Crippen LogP contribution in [0.4, 0.5) is 0 Å². The molecular formula is C18H18O2. The van der Waals surface area contributed by atoms with E-state index in [0.29, 0.717) is 6.61 Å². The minimum absolute atomic E-state index is 0.00591. The van der Waals surface area contributed by atoms with Gasteiger partial charge in [-0.2, -0.15) is 0 Å². The summed E-state index contributed by atoms with van der Waals surface area (Å²) in [5.41, 5.74) is 2.21. The predicted octanol–water partition coefficient (Wildman–Crippen LogP) is 3.71. The smallest absolute Gasteiger partial charge is 0.310 e. The number of rotatable bonds is 4. The SMILES string of the molecule is C[C@@]1(c2ccccc2)C[C@H]1C(=O)OCc1ccccc1.